The summed E-state index contributed by atoms with van der Waals surface area (Å²) in [5.74, 6) is -4.72. The van der Waals surface area contributed by atoms with Crippen LogP contribution in [0.3, 0.4) is 0 Å². The summed E-state index contributed by atoms with van der Waals surface area (Å²) >= 11 is 1.36. The van der Waals surface area contributed by atoms with E-state index in [-0.39, 0.29) is 93.2 Å². The average Bonchev–Trinajstić information content (AvgIpc) is 1.49. The number of primary amides is 1. The zero-order valence-electron chi connectivity index (χ0n) is 59.5. The fraction of sp³-hybridized carbons (Fsp3) is 0.514. The maximum absolute atomic E-state index is 14.0. The van der Waals surface area contributed by atoms with Crippen LogP contribution in [0.2, 0.25) is 0 Å². The van der Waals surface area contributed by atoms with Crippen molar-refractivity contribution >= 4 is 102 Å². The number of carbonyl (C=O) groups is 9. The summed E-state index contributed by atoms with van der Waals surface area (Å²) in [6.45, 7) is 11.1. The standard InChI is InChI=1S/C72H95N15O15S2/c1-6-29-71(5)30-12-8-13-31-72(45-71,32-16-35-87-48(4)52(42-76-87)51-25-26-57(80-62(51)67(94)95)84-36-37-85-46-75-63(55(85)43-84)66(93)82-69-79-53-17-10-11-19-56(53)103-69)102-40-38-83(39-41-104(98,99)100)70(97)101-44-49-21-23-50(24-22-49)77-64(91)54(18-15-33-74-68(73)96)78-65(92)61(47(2)3)81-58(88)20-9-7-14-34-86-59(89)27-28-60(86)90/h10-11,17,19,21-28,42,46-47,54,61H,6-9,12-16,18,20,29-41,43-45H2,1-5H3,(H,77,91)(H,78,92)(H,81,88)(H,94,95)(H3,73,74,96)(H,79,82,93)(H,98,99,100)/t54-,61-,71?,72?/m0/s1. The minimum Gasteiger partial charge on any atom is -0.476 e. The Bertz CT molecular complexity index is 4160. The van der Waals surface area contributed by atoms with Crippen LogP contribution < -0.4 is 37.2 Å². The second-order valence-electron chi connectivity index (χ2n) is 27.5. The van der Waals surface area contributed by atoms with Gasteiger partial charge in [-0.3, -0.25) is 48.2 Å². The fourth-order valence-electron chi connectivity index (χ4n) is 13.8. The lowest BCUT2D eigenvalue weighted by Gasteiger charge is -2.44. The summed E-state index contributed by atoms with van der Waals surface area (Å²) in [5.41, 5.74) is 8.58. The molecule has 9 rings (SSSR count). The summed E-state index contributed by atoms with van der Waals surface area (Å²) in [5, 5.41) is 29.5. The first-order valence-electron chi connectivity index (χ1n) is 35.5. The first-order chi connectivity index (χ1) is 49.7. The van der Waals surface area contributed by atoms with Crippen molar-refractivity contribution in [1.82, 2.24) is 55.0 Å². The minimum atomic E-state index is -4.52. The van der Waals surface area contributed by atoms with Gasteiger partial charge in [0.05, 0.1) is 52.9 Å². The summed E-state index contributed by atoms with van der Waals surface area (Å²) in [7, 11) is -4.52. The number of imidazole rings is 1. The number of unbranched alkanes of at least 4 members (excludes halogenated alkanes) is 2. The molecule has 0 saturated heterocycles. The highest BCUT2D eigenvalue weighted by Gasteiger charge is 2.41. The summed E-state index contributed by atoms with van der Waals surface area (Å²) < 4.78 is 51.6. The number of anilines is 3. The Hall–Kier alpha value is -9.66. The Balaban J connectivity index is 0.806. The Morgan fingerprint density at radius 3 is 2.31 bits per heavy atom. The van der Waals surface area contributed by atoms with E-state index in [9.17, 15) is 61.2 Å². The van der Waals surface area contributed by atoms with Gasteiger partial charge in [0.2, 0.25) is 17.7 Å². The van der Waals surface area contributed by atoms with E-state index in [1.165, 1.54) is 28.4 Å². The molecule has 32 heteroatoms. The number of carboxylic acid groups (broad SMARTS) is 1. The number of hydrogen-bond donors (Lipinski definition) is 8. The van der Waals surface area contributed by atoms with Crippen LogP contribution in [-0.4, -0.2) is 173 Å². The van der Waals surface area contributed by atoms with Gasteiger partial charge in [-0.05, 0) is 124 Å². The molecule has 9 N–H and O–H groups in total. The molecule has 1 fully saturated rings. The van der Waals surface area contributed by atoms with E-state index in [4.69, 9.17) is 25.3 Å². The number of amides is 9. The van der Waals surface area contributed by atoms with E-state index >= 15 is 0 Å². The Labute approximate surface area is 608 Å². The van der Waals surface area contributed by atoms with Crippen molar-refractivity contribution in [2.75, 3.05) is 60.6 Å². The number of nitrogens with two attached hydrogens (primary N) is 1. The third-order valence-electron chi connectivity index (χ3n) is 19.2. The number of rotatable bonds is 36. The summed E-state index contributed by atoms with van der Waals surface area (Å²) in [6, 6.07) is 14.5. The van der Waals surface area contributed by atoms with E-state index in [0.29, 0.717) is 90.8 Å². The number of carboxylic acids is 1. The number of aryl methyl sites for hydroxylation is 1. The van der Waals surface area contributed by atoms with Crippen molar-refractivity contribution in [3.05, 3.63) is 114 Å². The van der Waals surface area contributed by atoms with Crippen LogP contribution in [-0.2, 0) is 69.8 Å². The number of nitrogens with zero attached hydrogens (tertiary/aromatic N) is 9. The van der Waals surface area contributed by atoms with E-state index < -0.39 is 81.8 Å². The fourth-order valence-corrected chi connectivity index (χ4v) is 15.1. The molecule has 560 valence electrons. The molecule has 1 saturated carbocycles. The van der Waals surface area contributed by atoms with Gasteiger partial charge in [-0.2, -0.15) is 13.5 Å². The van der Waals surface area contributed by atoms with Gasteiger partial charge in [0.25, 0.3) is 27.8 Å². The number of aromatic carboxylic acids is 1. The Morgan fingerprint density at radius 2 is 1.59 bits per heavy atom. The van der Waals surface area contributed by atoms with Gasteiger partial charge in [0.1, 0.15) is 24.5 Å². The first-order valence-corrected chi connectivity index (χ1v) is 37.9. The van der Waals surface area contributed by atoms with E-state index in [1.807, 2.05) is 45.3 Å². The number of para-hydroxylation sites is 1. The lowest BCUT2D eigenvalue weighted by Crippen LogP contribution is -2.54. The Morgan fingerprint density at radius 1 is 0.827 bits per heavy atom. The minimum absolute atomic E-state index is 0.0102. The number of nitrogens with one attached hydrogen (secondary N) is 5. The maximum Gasteiger partial charge on any atom is 0.410 e. The molecule has 4 atom stereocenters. The van der Waals surface area contributed by atoms with Crippen molar-refractivity contribution in [3.8, 4) is 11.1 Å². The zero-order chi connectivity index (χ0) is 74.7. The number of urea groups is 1. The lowest BCUT2D eigenvalue weighted by molar-refractivity contribution is -0.137. The molecule has 30 nitrogen and oxygen atoms in total. The van der Waals surface area contributed by atoms with E-state index in [0.717, 1.165) is 72.2 Å². The molecular weight excluding hydrogens is 1380 g/mol. The molecule has 2 unspecified atom stereocenters. The van der Waals surface area contributed by atoms with Gasteiger partial charge in [-0.25, -0.2) is 29.3 Å². The molecule has 4 aromatic heterocycles. The third kappa shape index (κ3) is 21.7. The molecule has 0 spiro atoms. The number of pyridine rings is 1. The van der Waals surface area contributed by atoms with Crippen LogP contribution in [0.1, 0.15) is 168 Å². The highest BCUT2D eigenvalue weighted by molar-refractivity contribution is 7.85. The normalized spacial score (nSPS) is 17.4. The molecule has 6 aromatic rings. The number of hydrogen-bond acceptors (Lipinski definition) is 19. The van der Waals surface area contributed by atoms with Crippen molar-refractivity contribution in [2.24, 2.45) is 17.1 Å². The third-order valence-corrected chi connectivity index (χ3v) is 20.9. The smallest absolute Gasteiger partial charge is 0.410 e. The second-order valence-corrected chi connectivity index (χ2v) is 30.1. The van der Waals surface area contributed by atoms with Gasteiger partial charge in [-0.15, -0.1) is 0 Å². The van der Waals surface area contributed by atoms with Crippen LogP contribution in [0.4, 0.5) is 26.2 Å². The molecule has 0 bridgehead atoms. The molecule has 104 heavy (non-hydrogen) atoms. The van der Waals surface area contributed by atoms with Gasteiger partial charge in [-0.1, -0.05) is 95.4 Å². The SMILES string of the molecule is CCCC1(C)CCCCCC(CCCn2ncc(-c3ccc(N4CCn5cnc(C(=O)Nc6nc7ccccc7s6)c5C4)nc3C(=O)O)c2C)(OCCN(CCS(=O)(=O)O)C(=O)OCc2ccc(NC(=O)[C@H](CCCNC(N)=O)NC(=O)[C@@H](NC(=O)CCCCCN3C(=O)C=CC3=O)C(C)C)cc2)C1. The molecule has 9 amide bonds. The van der Waals surface area contributed by atoms with Gasteiger partial charge < -0.3 is 55.9 Å². The highest BCUT2D eigenvalue weighted by atomic mass is 32.2. The predicted octanol–water partition coefficient (Wildman–Crippen LogP) is 8.75. The predicted molar refractivity (Wildman–Crippen MR) is 390 cm³/mol. The van der Waals surface area contributed by atoms with Gasteiger partial charge >= 0.3 is 18.1 Å². The van der Waals surface area contributed by atoms with Crippen LogP contribution in [0, 0.1) is 18.3 Å². The average molecular weight is 1470 g/mol. The van der Waals surface area contributed by atoms with Crippen molar-refractivity contribution in [2.45, 2.75) is 181 Å². The first kappa shape index (κ1) is 78.5. The molecular formula is C72H95N15O15S2. The lowest BCUT2D eigenvalue weighted by atomic mass is 9.68. The number of aromatic nitrogens is 6. The van der Waals surface area contributed by atoms with Crippen molar-refractivity contribution in [3.63, 3.8) is 0 Å². The number of ether oxygens (including phenoxy) is 2. The van der Waals surface area contributed by atoms with Crippen molar-refractivity contribution < 1.29 is 70.7 Å². The summed E-state index contributed by atoms with van der Waals surface area (Å²) in [4.78, 5) is 134. The van der Waals surface area contributed by atoms with E-state index in [2.05, 4.69) is 50.4 Å². The molecule has 2 aromatic carbocycles. The monoisotopic (exact) mass is 1470 g/mol. The van der Waals surface area contributed by atoms with Gasteiger partial charge in [0.15, 0.2) is 16.5 Å². The Kier molecular flexibility index (Phi) is 27.3. The maximum atomic E-state index is 14.0. The summed E-state index contributed by atoms with van der Waals surface area (Å²) in [6.07, 6.45) is 15.2. The number of thiazole rings is 1. The van der Waals surface area contributed by atoms with Crippen LogP contribution in [0.25, 0.3) is 21.3 Å². The van der Waals surface area contributed by atoms with Crippen LogP contribution in [0.15, 0.2) is 85.3 Å². The number of fused-ring (bicyclic) bond motifs is 2. The van der Waals surface area contributed by atoms with Crippen molar-refractivity contribution in [1.29, 1.82) is 0 Å². The quantitative estimate of drug-likeness (QED) is 0.0103. The molecule has 0 radical (unpaired) electrons. The zero-order valence-corrected chi connectivity index (χ0v) is 61.2. The van der Waals surface area contributed by atoms with Crippen LogP contribution >= 0.6 is 11.3 Å². The number of carbonyl (C=O) groups excluding carboxylic acids is 8. The van der Waals surface area contributed by atoms with Crippen LogP contribution in [0.5, 0.6) is 0 Å². The topological polar surface area (TPSA) is 404 Å². The molecule has 1 aliphatic carbocycles. The number of benzene rings is 2. The molecule has 3 aliphatic rings. The molecule has 6 heterocycles. The second kappa shape index (κ2) is 36.2. The molecule has 2 aliphatic heterocycles. The van der Waals surface area contributed by atoms with E-state index in [1.54, 1.807) is 62.8 Å². The van der Waals surface area contributed by atoms with Gasteiger partial charge in [0, 0.05) is 86.9 Å². The largest absolute Gasteiger partial charge is 0.476 e. The highest BCUT2D eigenvalue weighted by Crippen LogP contribution is 2.46. The number of imide groups is 1.